The Morgan fingerprint density at radius 3 is 2.56 bits per heavy atom. The summed E-state index contributed by atoms with van der Waals surface area (Å²) in [5.41, 5.74) is 0.189. The fourth-order valence-electron chi connectivity index (χ4n) is 4.06. The Hall–Kier alpha value is -0.670. The van der Waals surface area contributed by atoms with Crippen molar-refractivity contribution in [2.24, 2.45) is 23.2 Å². The van der Waals surface area contributed by atoms with Crippen LogP contribution in [-0.4, -0.2) is 28.2 Å². The molecule has 2 N–H and O–H groups in total. The van der Waals surface area contributed by atoms with Gasteiger partial charge in [-0.25, -0.2) is 0 Å². The molecule has 0 saturated heterocycles. The number of carbonyl (C=O) groups excluding carboxylic acids is 1. The highest BCUT2D eigenvalue weighted by Crippen LogP contribution is 2.57. The molecule has 0 bridgehead atoms. The largest absolute Gasteiger partial charge is 0.393 e. The van der Waals surface area contributed by atoms with Crippen LogP contribution in [0, 0.1) is 23.2 Å². The van der Waals surface area contributed by atoms with Crippen molar-refractivity contribution in [1.29, 1.82) is 0 Å². The van der Waals surface area contributed by atoms with Gasteiger partial charge in [-0.3, -0.25) is 4.79 Å². The van der Waals surface area contributed by atoms with Crippen molar-refractivity contribution >= 4 is 5.78 Å². The smallest absolute Gasteiger partial charge is 0.159 e. The second kappa shape index (κ2) is 4.46. The highest BCUT2D eigenvalue weighted by atomic mass is 16.3. The van der Waals surface area contributed by atoms with Gasteiger partial charge >= 0.3 is 0 Å². The Bertz CT molecular complexity index is 385. The topological polar surface area (TPSA) is 57.5 Å². The maximum atomic E-state index is 12.1. The number of carbonyl (C=O) groups is 1. The maximum absolute atomic E-state index is 12.1. The van der Waals surface area contributed by atoms with Crippen LogP contribution >= 0.6 is 0 Å². The normalized spacial score (nSPS) is 44.8. The monoisotopic (exact) mass is 252 g/mol. The molecule has 0 aromatic carbocycles. The Morgan fingerprint density at radius 2 is 2.00 bits per heavy atom. The molecule has 0 aromatic heterocycles. The van der Waals surface area contributed by atoms with Gasteiger partial charge in [-0.2, -0.15) is 0 Å². The van der Waals surface area contributed by atoms with E-state index in [0.717, 1.165) is 0 Å². The molecule has 18 heavy (non-hydrogen) atoms. The minimum Gasteiger partial charge on any atom is -0.393 e. The van der Waals surface area contributed by atoms with Crippen molar-refractivity contribution in [2.45, 2.75) is 52.7 Å². The number of aliphatic hydroxyl groups excluding tert-OH is 2. The summed E-state index contributed by atoms with van der Waals surface area (Å²) in [6.07, 6.45) is 1.73. The Balaban J connectivity index is 2.47. The van der Waals surface area contributed by atoms with Crippen molar-refractivity contribution in [3.8, 4) is 0 Å². The molecule has 102 valence electrons. The van der Waals surface area contributed by atoms with Crippen molar-refractivity contribution in [2.75, 3.05) is 0 Å². The maximum Gasteiger partial charge on any atom is 0.159 e. The molecule has 2 rings (SSSR count). The number of Topliss-reactive ketones (excluding diaryl/α,β-unsaturated/α-hetero) is 1. The standard InChI is InChI=1S/C15H24O3/c1-8(2)11-6-12(16)10(4)15(11)7-13(17)9(3)5-14(15)18/h5,8,10-12,14,16,18H,6-7H2,1-4H3/t10-,11-,12-,14-,15+/m0/s1. The first-order valence-electron chi connectivity index (χ1n) is 6.88. The molecule has 1 spiro atoms. The summed E-state index contributed by atoms with van der Waals surface area (Å²) < 4.78 is 0. The lowest BCUT2D eigenvalue weighted by Crippen LogP contribution is -2.48. The van der Waals surface area contributed by atoms with Gasteiger partial charge in [-0.05, 0) is 42.7 Å². The second-order valence-electron chi connectivity index (χ2n) is 6.45. The number of rotatable bonds is 1. The van der Waals surface area contributed by atoms with Gasteiger partial charge in [-0.15, -0.1) is 0 Å². The van der Waals surface area contributed by atoms with Crippen molar-refractivity contribution in [3.63, 3.8) is 0 Å². The summed E-state index contributed by atoms with van der Waals surface area (Å²) in [6.45, 7) is 7.95. The van der Waals surface area contributed by atoms with Crippen LogP contribution in [-0.2, 0) is 4.79 Å². The molecule has 0 heterocycles. The minimum absolute atomic E-state index is 0.0341. The predicted octanol–water partition coefficient (Wildman–Crippen LogP) is 1.93. The summed E-state index contributed by atoms with van der Waals surface area (Å²) in [6, 6.07) is 0. The summed E-state index contributed by atoms with van der Waals surface area (Å²) in [4.78, 5) is 12.1. The first-order valence-corrected chi connectivity index (χ1v) is 6.88. The van der Waals surface area contributed by atoms with Crippen LogP contribution < -0.4 is 0 Å². The number of hydrogen-bond acceptors (Lipinski definition) is 3. The fourth-order valence-corrected chi connectivity index (χ4v) is 4.06. The number of hydrogen-bond donors (Lipinski definition) is 2. The van der Waals surface area contributed by atoms with Crippen LogP contribution in [0.5, 0.6) is 0 Å². The van der Waals surface area contributed by atoms with Gasteiger partial charge in [0.15, 0.2) is 5.78 Å². The second-order valence-corrected chi connectivity index (χ2v) is 6.45. The lowest BCUT2D eigenvalue weighted by Gasteiger charge is -2.45. The first-order chi connectivity index (χ1) is 8.30. The van der Waals surface area contributed by atoms with Gasteiger partial charge in [0.05, 0.1) is 12.2 Å². The first kappa shape index (κ1) is 13.8. The molecule has 1 saturated carbocycles. The zero-order chi connectivity index (χ0) is 13.7. The molecule has 3 nitrogen and oxygen atoms in total. The van der Waals surface area contributed by atoms with E-state index in [1.165, 1.54) is 0 Å². The third kappa shape index (κ3) is 1.76. The van der Waals surface area contributed by atoms with E-state index in [4.69, 9.17) is 0 Å². The van der Waals surface area contributed by atoms with Gasteiger partial charge < -0.3 is 10.2 Å². The summed E-state index contributed by atoms with van der Waals surface area (Å²) >= 11 is 0. The lowest BCUT2D eigenvalue weighted by molar-refractivity contribution is -0.126. The molecule has 3 heteroatoms. The van der Waals surface area contributed by atoms with Crippen molar-refractivity contribution in [3.05, 3.63) is 11.6 Å². The molecule has 0 unspecified atom stereocenters. The Morgan fingerprint density at radius 1 is 1.39 bits per heavy atom. The van der Waals surface area contributed by atoms with Crippen molar-refractivity contribution < 1.29 is 15.0 Å². The Kier molecular flexibility index (Phi) is 3.41. The van der Waals surface area contributed by atoms with Crippen LogP contribution in [0.4, 0.5) is 0 Å². The molecular formula is C15H24O3. The third-order valence-corrected chi connectivity index (χ3v) is 5.28. The quantitative estimate of drug-likeness (QED) is 0.749. The summed E-state index contributed by atoms with van der Waals surface area (Å²) in [5.74, 6) is 0.643. The van der Waals surface area contributed by atoms with E-state index in [9.17, 15) is 15.0 Å². The van der Waals surface area contributed by atoms with Gasteiger partial charge in [0.1, 0.15) is 0 Å². The fraction of sp³-hybridized carbons (Fsp3) is 0.800. The van der Waals surface area contributed by atoms with E-state index in [1.54, 1.807) is 13.0 Å². The molecule has 1 fully saturated rings. The molecule has 0 amide bonds. The van der Waals surface area contributed by atoms with E-state index in [0.29, 0.717) is 24.3 Å². The summed E-state index contributed by atoms with van der Waals surface area (Å²) in [7, 11) is 0. The van der Waals surface area contributed by atoms with Gasteiger partial charge in [0, 0.05) is 11.8 Å². The molecule has 5 atom stereocenters. The zero-order valence-electron chi connectivity index (χ0n) is 11.7. The highest BCUT2D eigenvalue weighted by Gasteiger charge is 2.58. The average Bonchev–Trinajstić information content (AvgIpc) is 2.53. The van der Waals surface area contributed by atoms with E-state index in [1.807, 2.05) is 6.92 Å². The van der Waals surface area contributed by atoms with Gasteiger partial charge in [-0.1, -0.05) is 20.8 Å². The SMILES string of the molecule is CC1=C[C@H](O)[C@@]2(CC1=O)[C@H](C(C)C)C[C@H](O)[C@@H]2C. The minimum atomic E-state index is -0.616. The van der Waals surface area contributed by atoms with E-state index >= 15 is 0 Å². The molecule has 2 aliphatic rings. The summed E-state index contributed by atoms with van der Waals surface area (Å²) in [5, 5.41) is 20.7. The number of aliphatic hydroxyl groups is 2. The van der Waals surface area contributed by atoms with E-state index in [-0.39, 0.29) is 17.6 Å². The molecular weight excluding hydrogens is 228 g/mol. The molecule has 0 radical (unpaired) electrons. The van der Waals surface area contributed by atoms with E-state index in [2.05, 4.69) is 13.8 Å². The van der Waals surface area contributed by atoms with Crippen LogP contribution in [0.15, 0.2) is 11.6 Å². The number of ketones is 1. The van der Waals surface area contributed by atoms with Crippen LogP contribution in [0.3, 0.4) is 0 Å². The molecule has 0 aliphatic heterocycles. The van der Waals surface area contributed by atoms with E-state index < -0.39 is 17.6 Å². The van der Waals surface area contributed by atoms with Crippen molar-refractivity contribution in [1.82, 2.24) is 0 Å². The zero-order valence-corrected chi connectivity index (χ0v) is 11.7. The Labute approximate surface area is 109 Å². The van der Waals surface area contributed by atoms with Crippen LogP contribution in [0.25, 0.3) is 0 Å². The third-order valence-electron chi connectivity index (χ3n) is 5.28. The lowest BCUT2D eigenvalue weighted by atomic mass is 9.60. The van der Waals surface area contributed by atoms with Gasteiger partial charge in [0.25, 0.3) is 0 Å². The van der Waals surface area contributed by atoms with Gasteiger partial charge in [0.2, 0.25) is 0 Å². The predicted molar refractivity (Wildman–Crippen MR) is 69.9 cm³/mol. The number of allylic oxidation sites excluding steroid dienone is 1. The van der Waals surface area contributed by atoms with Crippen LogP contribution in [0.1, 0.15) is 40.5 Å². The molecule has 0 aromatic rings. The molecule has 2 aliphatic carbocycles. The van der Waals surface area contributed by atoms with Crippen LogP contribution in [0.2, 0.25) is 0 Å². The highest BCUT2D eigenvalue weighted by molar-refractivity contribution is 5.96. The average molecular weight is 252 g/mol.